The lowest BCUT2D eigenvalue weighted by Gasteiger charge is -2.45. The normalized spacial score (nSPS) is 16.4. The summed E-state index contributed by atoms with van der Waals surface area (Å²) in [5.74, 6) is 2.35. The third kappa shape index (κ3) is 14.4. The molecule has 6 aliphatic rings. The molecule has 0 N–H and O–H groups in total. The van der Waals surface area contributed by atoms with Crippen molar-refractivity contribution in [2.75, 3.05) is 79.6 Å². The first-order chi connectivity index (χ1) is 48.6. The van der Waals surface area contributed by atoms with Crippen molar-refractivity contribution in [1.29, 1.82) is 0 Å². The second-order valence-electron chi connectivity index (χ2n) is 26.1. The van der Waals surface area contributed by atoms with Crippen LogP contribution in [0.1, 0.15) is 107 Å². The molecule has 0 unspecified atom stereocenters. The summed E-state index contributed by atoms with van der Waals surface area (Å²) in [6, 6.07) is 45.6. The van der Waals surface area contributed by atoms with Crippen LogP contribution in [0, 0.1) is 5.92 Å². The van der Waals surface area contributed by atoms with E-state index < -0.39 is 44.7 Å². The van der Waals surface area contributed by atoms with Gasteiger partial charge in [0.05, 0.1) is 60.0 Å². The molecule has 9 aromatic rings. The highest BCUT2D eigenvalue weighted by atomic mass is 35.5. The summed E-state index contributed by atoms with van der Waals surface area (Å²) in [5, 5.41) is 0.550. The maximum atomic E-state index is 13.4. The molecule has 25 heteroatoms. The van der Waals surface area contributed by atoms with Gasteiger partial charge >= 0.3 is 6.36 Å². The van der Waals surface area contributed by atoms with E-state index in [9.17, 15) is 36.0 Å². The Balaban J connectivity index is 0.000000136. The average molecular weight is 1420 g/mol. The molecule has 101 heavy (non-hydrogen) atoms. The predicted octanol–water partition coefficient (Wildman–Crippen LogP) is 13.8. The number of alkyl halides is 3. The van der Waals surface area contributed by atoms with E-state index in [1.807, 2.05) is 88.6 Å². The Bertz CT molecular complexity index is 4640. The molecule has 3 fully saturated rings. The molecule has 0 atom stereocenters. The number of para-hydroxylation sites is 4. The van der Waals surface area contributed by atoms with Gasteiger partial charge in [-0.1, -0.05) is 49.7 Å². The van der Waals surface area contributed by atoms with Crippen LogP contribution in [0.25, 0.3) is 17.1 Å². The van der Waals surface area contributed by atoms with Crippen molar-refractivity contribution in [3.63, 3.8) is 0 Å². The van der Waals surface area contributed by atoms with E-state index >= 15 is 0 Å². The maximum absolute atomic E-state index is 13.4. The minimum absolute atomic E-state index is 0.0135. The molecule has 10 heterocycles. The van der Waals surface area contributed by atoms with Gasteiger partial charge in [0.1, 0.15) is 46.0 Å². The average Bonchev–Trinajstić information content (AvgIpc) is 1.71. The van der Waals surface area contributed by atoms with E-state index in [0.29, 0.717) is 111 Å². The zero-order valence-corrected chi connectivity index (χ0v) is 58.1. The number of methoxy groups -OCH3 is 2. The molecule has 3 spiro atoms. The number of nitrogens with zero attached hydrogens (tertiary/aromatic N) is 7. The number of ether oxygens (including phenoxy) is 8. The monoisotopic (exact) mass is 1420 g/mol. The number of hydrogen-bond donors (Lipinski definition) is 0. The fraction of sp³-hybridized carbons (Fsp3) is 0.342. The van der Waals surface area contributed by atoms with E-state index in [4.69, 9.17) is 44.8 Å². The zero-order chi connectivity index (χ0) is 70.8. The number of halogens is 4. The van der Waals surface area contributed by atoms with Crippen molar-refractivity contribution in [2.45, 2.75) is 86.9 Å². The molecule has 20 nitrogen and oxygen atoms in total. The molecule has 0 saturated carbocycles. The summed E-state index contributed by atoms with van der Waals surface area (Å²) in [6.45, 7) is 8.29. The van der Waals surface area contributed by atoms with Crippen LogP contribution in [0.3, 0.4) is 0 Å². The van der Waals surface area contributed by atoms with E-state index in [1.165, 1.54) is 30.2 Å². The van der Waals surface area contributed by atoms with Gasteiger partial charge in [-0.05, 0) is 122 Å². The number of sulfone groups is 1. The minimum Gasteiger partial charge on any atom is -0.497 e. The van der Waals surface area contributed by atoms with Gasteiger partial charge in [0, 0.05) is 150 Å². The number of piperidine rings is 3. The molecule has 5 aromatic carbocycles. The molecule has 3 amide bonds. The highest BCUT2D eigenvalue weighted by molar-refractivity contribution is 7.90. The predicted molar refractivity (Wildman–Crippen MR) is 370 cm³/mol. The first kappa shape index (κ1) is 69.6. The summed E-state index contributed by atoms with van der Waals surface area (Å²) < 4.78 is 115. The van der Waals surface area contributed by atoms with Crippen LogP contribution in [0.15, 0.2) is 181 Å². The van der Waals surface area contributed by atoms with Crippen LogP contribution in [0.4, 0.5) is 13.2 Å². The smallest absolute Gasteiger partial charge is 0.497 e. The standard InChI is InChI=1S/C28H32N2O5S.C24H20ClF3N2O4.C24H25N3O4/c1-20(2)12-18-34-24-11-10-21(19-25(24)36(3,32)33)27(31)29-16-13-28(14-17-29)26-9-6-15-30(26)22-7-4-5-8-23(22)35-28;1-32-16-5-6-17(19(14-16)34-24(26,27)28)22(31)29-11-8-23(9-12-29)21-3-2-10-30(21)18-7-4-15(25)13-20(18)33-23;1-29-15-16-30-22-17-18(8-11-25-22)23(28)26-13-9-24(10-14-26)21-7-4-12-27(21)19-5-2-3-6-20(19)31-24/h4-11,15,19-20H,12-14,16-18H2,1-3H3;2-7,10,13-14H,8-9,11-12H2,1H3;2-8,11-12,17H,9-10,13-16H2,1H3. The largest absolute Gasteiger partial charge is 0.573 e. The number of hydrogen-bond acceptors (Lipinski definition) is 14. The lowest BCUT2D eigenvalue weighted by Crippen LogP contribution is -2.50. The summed E-state index contributed by atoms with van der Waals surface area (Å²) in [6.07, 6.45) is 8.38. The van der Waals surface area contributed by atoms with Crippen LogP contribution in [-0.4, -0.2) is 145 Å². The minimum atomic E-state index is -4.94. The first-order valence-electron chi connectivity index (χ1n) is 33.5. The second-order valence-corrected chi connectivity index (χ2v) is 28.5. The Labute approximate surface area is 588 Å². The Hall–Kier alpha value is -9.91. The van der Waals surface area contributed by atoms with E-state index in [1.54, 1.807) is 54.6 Å². The number of amides is 3. The van der Waals surface area contributed by atoms with Gasteiger partial charge in [-0.2, -0.15) is 0 Å². The van der Waals surface area contributed by atoms with Gasteiger partial charge in [-0.15, -0.1) is 13.2 Å². The number of likely N-dealkylation sites (tertiary alicyclic amines) is 3. The van der Waals surface area contributed by atoms with Gasteiger partial charge in [-0.25, -0.2) is 13.4 Å². The van der Waals surface area contributed by atoms with Crippen LogP contribution >= 0.6 is 11.6 Å². The van der Waals surface area contributed by atoms with Crippen molar-refractivity contribution in [3.05, 3.63) is 215 Å². The number of benzene rings is 5. The van der Waals surface area contributed by atoms with Gasteiger partial charge in [0.25, 0.3) is 17.7 Å². The van der Waals surface area contributed by atoms with Crippen molar-refractivity contribution in [3.8, 4) is 57.4 Å². The Morgan fingerprint density at radius 1 is 0.554 bits per heavy atom. The second kappa shape index (κ2) is 28.6. The van der Waals surface area contributed by atoms with Gasteiger partial charge in [0.15, 0.2) is 26.6 Å². The van der Waals surface area contributed by atoms with E-state index in [2.05, 4.69) is 63.2 Å². The Morgan fingerprint density at radius 3 is 1.56 bits per heavy atom. The van der Waals surface area contributed by atoms with Crippen LogP contribution in [0.2, 0.25) is 5.02 Å². The fourth-order valence-corrected chi connectivity index (χ4v) is 15.1. The van der Waals surface area contributed by atoms with E-state index in [0.717, 1.165) is 77.2 Å². The molecule has 6 aliphatic heterocycles. The van der Waals surface area contributed by atoms with Crippen LogP contribution < -0.4 is 33.2 Å². The molecule has 0 bridgehead atoms. The molecule has 3 saturated heterocycles. The topological polar surface area (TPSA) is 197 Å². The van der Waals surface area contributed by atoms with Crippen molar-refractivity contribution in [2.24, 2.45) is 5.92 Å². The number of carbonyl (C=O) groups excluding carboxylic acids is 3. The molecule has 15 rings (SSSR count). The summed E-state index contributed by atoms with van der Waals surface area (Å²) in [5.41, 5.74) is 5.31. The molecular weight excluding hydrogens is 1340 g/mol. The zero-order valence-electron chi connectivity index (χ0n) is 56.5. The third-order valence-corrected chi connectivity index (χ3v) is 20.6. The third-order valence-electron chi connectivity index (χ3n) is 19.3. The first-order valence-corrected chi connectivity index (χ1v) is 35.8. The summed E-state index contributed by atoms with van der Waals surface area (Å²) in [7, 11) is -0.628. The lowest BCUT2D eigenvalue weighted by molar-refractivity contribution is -0.274. The van der Waals surface area contributed by atoms with Gasteiger partial charge < -0.3 is 66.3 Å². The Morgan fingerprint density at radius 2 is 1.06 bits per heavy atom. The fourth-order valence-electron chi connectivity index (χ4n) is 14.1. The van der Waals surface area contributed by atoms with Crippen molar-refractivity contribution < 1.29 is 73.9 Å². The number of pyridine rings is 1. The summed E-state index contributed by atoms with van der Waals surface area (Å²) in [4.78, 5) is 49.1. The molecule has 4 aromatic heterocycles. The highest BCUT2D eigenvalue weighted by Crippen LogP contribution is 2.49. The van der Waals surface area contributed by atoms with Crippen LogP contribution in [0.5, 0.6) is 40.4 Å². The SMILES string of the molecule is CC(C)CCOc1ccc(C(=O)N2CCC3(CC2)Oc2ccccc2-n2cccc23)cc1S(C)(=O)=O.COCCOc1cc(C(=O)N2CCC3(CC2)Oc2ccccc2-n2cccc23)ccn1.COc1ccc(C(=O)N2CCC3(CC2)Oc2cc(Cl)ccc2-n2cccc23)c(OC(F)(F)F)c1. The number of carbonyl (C=O) groups is 3. The molecule has 0 radical (unpaired) electrons. The molecule has 0 aliphatic carbocycles. The number of aromatic nitrogens is 4. The molecular formula is C76H77ClF3N7O13S. The lowest BCUT2D eigenvalue weighted by atomic mass is 9.86. The van der Waals surface area contributed by atoms with Crippen LogP contribution in [-0.2, 0) is 31.4 Å². The summed E-state index contributed by atoms with van der Waals surface area (Å²) >= 11 is 6.18. The number of fused-ring (bicyclic) bond motifs is 12. The van der Waals surface area contributed by atoms with E-state index in [-0.39, 0.29) is 41.1 Å². The maximum Gasteiger partial charge on any atom is 0.573 e. The highest BCUT2D eigenvalue weighted by Gasteiger charge is 2.48. The van der Waals surface area contributed by atoms with Crippen molar-refractivity contribution >= 4 is 39.2 Å². The molecule has 528 valence electrons. The van der Waals surface area contributed by atoms with Gasteiger partial charge in [0.2, 0.25) is 5.88 Å². The van der Waals surface area contributed by atoms with Gasteiger partial charge in [-0.3, -0.25) is 14.4 Å². The quantitative estimate of drug-likeness (QED) is 0.0932. The Kier molecular flexibility index (Phi) is 19.7. The number of rotatable bonds is 14. The van der Waals surface area contributed by atoms with Crippen molar-refractivity contribution in [1.82, 2.24) is 33.4 Å².